The van der Waals surface area contributed by atoms with Crippen molar-refractivity contribution in [2.45, 2.75) is 39.2 Å². The second-order valence-electron chi connectivity index (χ2n) is 4.31. The Hall–Kier alpha value is -0.120. The lowest BCUT2D eigenvalue weighted by Crippen LogP contribution is -2.41. The Morgan fingerprint density at radius 1 is 1.38 bits per heavy atom. The summed E-state index contributed by atoms with van der Waals surface area (Å²) in [6.45, 7) is 6.29. The van der Waals surface area contributed by atoms with Gasteiger partial charge < -0.3 is 4.74 Å². The fraction of sp³-hybridized carbons (Fsp3) is 1.00. The normalized spacial score (nSPS) is 22.2. The Kier molecular flexibility index (Phi) is 4.70. The van der Waals surface area contributed by atoms with Gasteiger partial charge in [0.2, 0.25) is 0 Å². The molecular weight excluding hydrogens is 164 g/mol. The molecule has 3 nitrogen and oxygen atoms in total. The average Bonchev–Trinajstić information content (AvgIpc) is 2.15. The highest BCUT2D eigenvalue weighted by Crippen LogP contribution is 2.22. The average molecular weight is 186 g/mol. The van der Waals surface area contributed by atoms with Crippen molar-refractivity contribution in [2.24, 2.45) is 17.7 Å². The first-order valence-electron chi connectivity index (χ1n) is 5.28. The summed E-state index contributed by atoms with van der Waals surface area (Å²) in [7, 11) is 0. The molecule has 0 aromatic heterocycles. The fourth-order valence-electron chi connectivity index (χ4n) is 1.87. The van der Waals surface area contributed by atoms with Crippen LogP contribution in [-0.2, 0) is 4.74 Å². The molecule has 0 saturated carbocycles. The Bertz CT molecular complexity index is 133. The van der Waals surface area contributed by atoms with Crippen molar-refractivity contribution >= 4 is 0 Å². The predicted octanol–water partition coefficient (Wildman–Crippen LogP) is 1.29. The van der Waals surface area contributed by atoms with Crippen LogP contribution in [0.25, 0.3) is 0 Å². The van der Waals surface area contributed by atoms with E-state index in [0.29, 0.717) is 12.0 Å². The van der Waals surface area contributed by atoms with E-state index in [0.717, 1.165) is 19.1 Å². The van der Waals surface area contributed by atoms with Crippen molar-refractivity contribution in [3.8, 4) is 0 Å². The van der Waals surface area contributed by atoms with Crippen LogP contribution in [0.3, 0.4) is 0 Å². The lowest BCUT2D eigenvalue weighted by molar-refractivity contribution is 0.0586. The number of hydrogen-bond acceptors (Lipinski definition) is 3. The van der Waals surface area contributed by atoms with Gasteiger partial charge in [0.1, 0.15) is 0 Å². The van der Waals surface area contributed by atoms with E-state index >= 15 is 0 Å². The third-order valence-corrected chi connectivity index (χ3v) is 2.95. The standard InChI is InChI=1S/C10H22N2O/c1-8(2)10(12-11)7-9-3-5-13-6-4-9/h8-10,12H,3-7,11H2,1-2H3. The van der Waals surface area contributed by atoms with Gasteiger partial charge in [0, 0.05) is 19.3 Å². The summed E-state index contributed by atoms with van der Waals surface area (Å²) in [6, 6.07) is 0.461. The van der Waals surface area contributed by atoms with Crippen molar-refractivity contribution < 1.29 is 4.74 Å². The molecule has 1 heterocycles. The van der Waals surface area contributed by atoms with Gasteiger partial charge in [-0.1, -0.05) is 13.8 Å². The van der Waals surface area contributed by atoms with Crippen molar-refractivity contribution in [1.82, 2.24) is 5.43 Å². The van der Waals surface area contributed by atoms with E-state index in [9.17, 15) is 0 Å². The molecule has 3 heteroatoms. The van der Waals surface area contributed by atoms with Crippen molar-refractivity contribution in [2.75, 3.05) is 13.2 Å². The first-order valence-corrected chi connectivity index (χ1v) is 5.28. The third-order valence-electron chi connectivity index (χ3n) is 2.95. The molecule has 3 N–H and O–H groups in total. The van der Waals surface area contributed by atoms with Crippen LogP contribution in [0, 0.1) is 11.8 Å². The summed E-state index contributed by atoms with van der Waals surface area (Å²) < 4.78 is 5.32. The topological polar surface area (TPSA) is 47.3 Å². The van der Waals surface area contributed by atoms with Gasteiger partial charge >= 0.3 is 0 Å². The van der Waals surface area contributed by atoms with Crippen molar-refractivity contribution in [3.63, 3.8) is 0 Å². The lowest BCUT2D eigenvalue weighted by atomic mass is 9.88. The second kappa shape index (κ2) is 5.58. The van der Waals surface area contributed by atoms with Crippen LogP contribution in [0.1, 0.15) is 33.1 Å². The molecule has 0 aromatic rings. The molecule has 1 fully saturated rings. The molecule has 0 amide bonds. The Morgan fingerprint density at radius 3 is 2.46 bits per heavy atom. The van der Waals surface area contributed by atoms with Crippen LogP contribution in [-0.4, -0.2) is 19.3 Å². The quantitative estimate of drug-likeness (QED) is 0.514. The summed E-state index contributed by atoms with van der Waals surface area (Å²) in [5.74, 6) is 6.93. The summed E-state index contributed by atoms with van der Waals surface area (Å²) in [5, 5.41) is 0. The Morgan fingerprint density at radius 2 is 2.00 bits per heavy atom. The SMILES string of the molecule is CC(C)C(CC1CCOCC1)NN. The number of nitrogens with two attached hydrogens (primary N) is 1. The van der Waals surface area contributed by atoms with E-state index in [-0.39, 0.29) is 0 Å². The zero-order valence-corrected chi connectivity index (χ0v) is 8.75. The molecular formula is C10H22N2O. The molecule has 1 atom stereocenters. The maximum absolute atomic E-state index is 5.51. The van der Waals surface area contributed by atoms with Crippen molar-refractivity contribution in [1.29, 1.82) is 0 Å². The highest BCUT2D eigenvalue weighted by Gasteiger charge is 2.20. The molecule has 0 bridgehead atoms. The van der Waals surface area contributed by atoms with Crippen LogP contribution in [0.4, 0.5) is 0 Å². The van der Waals surface area contributed by atoms with Gasteiger partial charge in [-0.3, -0.25) is 11.3 Å². The van der Waals surface area contributed by atoms with E-state index in [2.05, 4.69) is 19.3 Å². The summed E-state index contributed by atoms with van der Waals surface area (Å²) in [4.78, 5) is 0. The molecule has 78 valence electrons. The van der Waals surface area contributed by atoms with E-state index in [1.165, 1.54) is 19.3 Å². The van der Waals surface area contributed by atoms with Gasteiger partial charge in [-0.15, -0.1) is 0 Å². The fourth-order valence-corrected chi connectivity index (χ4v) is 1.87. The number of hydrogen-bond donors (Lipinski definition) is 2. The molecule has 1 unspecified atom stereocenters. The van der Waals surface area contributed by atoms with E-state index in [1.807, 2.05) is 0 Å². The first-order chi connectivity index (χ1) is 6.24. The van der Waals surface area contributed by atoms with Crippen LogP contribution in [0.15, 0.2) is 0 Å². The molecule has 0 aliphatic carbocycles. The van der Waals surface area contributed by atoms with E-state index < -0.39 is 0 Å². The number of hydrazine groups is 1. The molecule has 0 aromatic carbocycles. The minimum Gasteiger partial charge on any atom is -0.381 e. The molecule has 1 aliphatic rings. The lowest BCUT2D eigenvalue weighted by Gasteiger charge is -2.28. The monoisotopic (exact) mass is 186 g/mol. The number of ether oxygens (including phenoxy) is 1. The van der Waals surface area contributed by atoms with Gasteiger partial charge in [0.25, 0.3) is 0 Å². The van der Waals surface area contributed by atoms with Gasteiger partial charge in [-0.2, -0.15) is 0 Å². The van der Waals surface area contributed by atoms with Gasteiger partial charge in [0.15, 0.2) is 0 Å². The molecule has 1 saturated heterocycles. The largest absolute Gasteiger partial charge is 0.381 e. The van der Waals surface area contributed by atoms with Crippen LogP contribution >= 0.6 is 0 Å². The van der Waals surface area contributed by atoms with Crippen LogP contribution in [0.2, 0.25) is 0 Å². The summed E-state index contributed by atoms with van der Waals surface area (Å²) in [5.41, 5.74) is 2.91. The van der Waals surface area contributed by atoms with Gasteiger partial charge in [-0.25, -0.2) is 0 Å². The summed E-state index contributed by atoms with van der Waals surface area (Å²) in [6.07, 6.45) is 3.59. The number of nitrogens with one attached hydrogen (secondary N) is 1. The maximum Gasteiger partial charge on any atom is 0.0468 e. The summed E-state index contributed by atoms with van der Waals surface area (Å²) >= 11 is 0. The van der Waals surface area contributed by atoms with Crippen LogP contribution < -0.4 is 11.3 Å². The molecule has 1 rings (SSSR count). The molecule has 1 aliphatic heterocycles. The van der Waals surface area contributed by atoms with Crippen LogP contribution in [0.5, 0.6) is 0 Å². The minimum atomic E-state index is 0.461. The zero-order chi connectivity index (χ0) is 9.68. The Balaban J connectivity index is 2.27. The van der Waals surface area contributed by atoms with E-state index in [4.69, 9.17) is 10.6 Å². The highest BCUT2D eigenvalue weighted by atomic mass is 16.5. The van der Waals surface area contributed by atoms with Gasteiger partial charge in [-0.05, 0) is 31.1 Å². The molecule has 0 spiro atoms. The Labute approximate surface area is 81.0 Å². The maximum atomic E-state index is 5.51. The second-order valence-corrected chi connectivity index (χ2v) is 4.31. The minimum absolute atomic E-state index is 0.461. The first kappa shape index (κ1) is 11.0. The molecule has 0 radical (unpaired) electrons. The zero-order valence-electron chi connectivity index (χ0n) is 8.75. The smallest absolute Gasteiger partial charge is 0.0468 e. The van der Waals surface area contributed by atoms with E-state index in [1.54, 1.807) is 0 Å². The third kappa shape index (κ3) is 3.63. The van der Waals surface area contributed by atoms with Crippen molar-refractivity contribution in [3.05, 3.63) is 0 Å². The van der Waals surface area contributed by atoms with Gasteiger partial charge in [0.05, 0.1) is 0 Å². The number of rotatable bonds is 4. The highest BCUT2D eigenvalue weighted by molar-refractivity contribution is 4.74. The molecule has 13 heavy (non-hydrogen) atoms. The predicted molar refractivity (Wildman–Crippen MR) is 54.1 cm³/mol.